The van der Waals surface area contributed by atoms with Gasteiger partial charge in [-0.2, -0.15) is 0 Å². The smallest absolute Gasteiger partial charge is 0.258 e. The molecule has 0 aliphatic rings. The van der Waals surface area contributed by atoms with Gasteiger partial charge >= 0.3 is 0 Å². The molecule has 2 rings (SSSR count). The molecule has 6 heteroatoms. The van der Waals surface area contributed by atoms with Crippen LogP contribution in [0.5, 0.6) is 0 Å². The molecule has 88 valence electrons. The molecule has 1 aromatic carbocycles. The van der Waals surface area contributed by atoms with E-state index >= 15 is 0 Å². The fraction of sp³-hybridized carbons (Fsp3) is 0.273. The summed E-state index contributed by atoms with van der Waals surface area (Å²) in [5.74, 6) is 0. The predicted molar refractivity (Wildman–Crippen MR) is 62.5 cm³/mol. The van der Waals surface area contributed by atoms with Gasteiger partial charge in [0.25, 0.3) is 5.69 Å². The second-order valence-corrected chi connectivity index (χ2v) is 3.67. The Labute approximate surface area is 98.0 Å². The standard InChI is InChI=1S/C11H12N4O2/c1-3-10-11(12-13-14(10)2)8-4-6-9(7-5-8)15(16)17/h4-7H,3H2,1-2H3. The van der Waals surface area contributed by atoms with E-state index in [1.165, 1.54) is 12.1 Å². The van der Waals surface area contributed by atoms with E-state index in [2.05, 4.69) is 10.3 Å². The Bertz CT molecular complexity index is 545. The number of nitro benzene ring substituents is 1. The van der Waals surface area contributed by atoms with Crippen LogP contribution in [0.3, 0.4) is 0 Å². The summed E-state index contributed by atoms with van der Waals surface area (Å²) >= 11 is 0. The maximum atomic E-state index is 10.5. The molecule has 0 fully saturated rings. The summed E-state index contributed by atoms with van der Waals surface area (Å²) in [5.41, 5.74) is 2.72. The number of aryl methyl sites for hydroxylation is 1. The molecule has 0 aliphatic carbocycles. The van der Waals surface area contributed by atoms with E-state index in [0.29, 0.717) is 0 Å². The molecular weight excluding hydrogens is 220 g/mol. The van der Waals surface area contributed by atoms with E-state index in [1.54, 1.807) is 16.8 Å². The van der Waals surface area contributed by atoms with Gasteiger partial charge in [0.15, 0.2) is 0 Å². The van der Waals surface area contributed by atoms with Crippen molar-refractivity contribution in [1.82, 2.24) is 15.0 Å². The summed E-state index contributed by atoms with van der Waals surface area (Å²) in [6.45, 7) is 2.02. The summed E-state index contributed by atoms with van der Waals surface area (Å²) in [4.78, 5) is 10.1. The van der Waals surface area contributed by atoms with Crippen molar-refractivity contribution >= 4 is 5.69 Å². The lowest BCUT2D eigenvalue weighted by molar-refractivity contribution is -0.384. The number of hydrogen-bond donors (Lipinski definition) is 0. The van der Waals surface area contributed by atoms with Crippen molar-refractivity contribution in [1.29, 1.82) is 0 Å². The van der Waals surface area contributed by atoms with Gasteiger partial charge in [0.05, 0.1) is 10.6 Å². The highest BCUT2D eigenvalue weighted by Gasteiger charge is 2.12. The fourth-order valence-electron chi connectivity index (χ4n) is 1.74. The molecule has 0 saturated heterocycles. The maximum Gasteiger partial charge on any atom is 0.269 e. The monoisotopic (exact) mass is 232 g/mol. The minimum atomic E-state index is -0.415. The van der Waals surface area contributed by atoms with Crippen molar-refractivity contribution in [3.63, 3.8) is 0 Å². The summed E-state index contributed by atoms with van der Waals surface area (Å²) in [6.07, 6.45) is 0.815. The Kier molecular flexibility index (Phi) is 2.86. The first-order valence-corrected chi connectivity index (χ1v) is 5.27. The Morgan fingerprint density at radius 2 is 2.00 bits per heavy atom. The highest BCUT2D eigenvalue weighted by Crippen LogP contribution is 2.23. The van der Waals surface area contributed by atoms with Crippen molar-refractivity contribution in [2.24, 2.45) is 7.05 Å². The fourth-order valence-corrected chi connectivity index (χ4v) is 1.74. The minimum absolute atomic E-state index is 0.0793. The molecule has 0 spiro atoms. The van der Waals surface area contributed by atoms with Gasteiger partial charge in [-0.25, -0.2) is 0 Å². The third-order valence-corrected chi connectivity index (χ3v) is 2.63. The van der Waals surface area contributed by atoms with Crippen LogP contribution in [0, 0.1) is 10.1 Å². The summed E-state index contributed by atoms with van der Waals surface area (Å²) in [5, 5.41) is 18.6. The first-order chi connectivity index (χ1) is 8.13. The van der Waals surface area contributed by atoms with Crippen LogP contribution >= 0.6 is 0 Å². The molecule has 2 aromatic rings. The van der Waals surface area contributed by atoms with Crippen molar-refractivity contribution in [2.75, 3.05) is 0 Å². The van der Waals surface area contributed by atoms with Crippen molar-refractivity contribution in [3.8, 4) is 11.3 Å². The largest absolute Gasteiger partial charge is 0.269 e. The lowest BCUT2D eigenvalue weighted by atomic mass is 10.1. The zero-order chi connectivity index (χ0) is 12.4. The minimum Gasteiger partial charge on any atom is -0.258 e. The van der Waals surface area contributed by atoms with Gasteiger partial charge in [-0.3, -0.25) is 14.8 Å². The van der Waals surface area contributed by atoms with Crippen LogP contribution in [0.4, 0.5) is 5.69 Å². The van der Waals surface area contributed by atoms with E-state index in [1.807, 2.05) is 14.0 Å². The van der Waals surface area contributed by atoms with Gasteiger partial charge in [0, 0.05) is 24.7 Å². The number of nitrogens with zero attached hydrogens (tertiary/aromatic N) is 4. The highest BCUT2D eigenvalue weighted by molar-refractivity contribution is 5.62. The molecule has 0 bridgehead atoms. The van der Waals surface area contributed by atoms with Gasteiger partial charge in [0.2, 0.25) is 0 Å². The van der Waals surface area contributed by atoms with Crippen LogP contribution in [-0.2, 0) is 13.5 Å². The molecule has 6 nitrogen and oxygen atoms in total. The van der Waals surface area contributed by atoms with Crippen LogP contribution in [0.1, 0.15) is 12.6 Å². The molecule has 1 aromatic heterocycles. The molecule has 0 aliphatic heterocycles. The molecule has 0 unspecified atom stereocenters. The normalized spacial score (nSPS) is 10.5. The molecular formula is C11H12N4O2. The average molecular weight is 232 g/mol. The van der Waals surface area contributed by atoms with Crippen LogP contribution in [0.2, 0.25) is 0 Å². The number of nitro groups is 1. The highest BCUT2D eigenvalue weighted by atomic mass is 16.6. The zero-order valence-electron chi connectivity index (χ0n) is 9.62. The first-order valence-electron chi connectivity index (χ1n) is 5.27. The molecule has 0 amide bonds. The lowest BCUT2D eigenvalue weighted by Gasteiger charge is -2.00. The van der Waals surface area contributed by atoms with Gasteiger partial charge in [-0.05, 0) is 18.6 Å². The molecule has 17 heavy (non-hydrogen) atoms. The Morgan fingerprint density at radius 1 is 1.35 bits per heavy atom. The average Bonchev–Trinajstić information content (AvgIpc) is 2.70. The third-order valence-electron chi connectivity index (χ3n) is 2.63. The topological polar surface area (TPSA) is 73.8 Å². The van der Waals surface area contributed by atoms with Gasteiger partial charge in [-0.15, -0.1) is 5.10 Å². The van der Waals surface area contributed by atoms with E-state index in [-0.39, 0.29) is 5.69 Å². The molecule has 0 atom stereocenters. The first kappa shape index (κ1) is 11.3. The summed E-state index contributed by atoms with van der Waals surface area (Å²) in [6, 6.07) is 6.34. The SMILES string of the molecule is CCc1c(-c2ccc([N+](=O)[O-])cc2)nnn1C. The zero-order valence-corrected chi connectivity index (χ0v) is 9.62. The lowest BCUT2D eigenvalue weighted by Crippen LogP contribution is -1.97. The summed E-state index contributed by atoms with van der Waals surface area (Å²) < 4.78 is 1.72. The van der Waals surface area contributed by atoms with Gasteiger partial charge in [-0.1, -0.05) is 12.1 Å². The second-order valence-electron chi connectivity index (χ2n) is 3.67. The van der Waals surface area contributed by atoms with Gasteiger partial charge in [0.1, 0.15) is 5.69 Å². The van der Waals surface area contributed by atoms with E-state index in [9.17, 15) is 10.1 Å². The quantitative estimate of drug-likeness (QED) is 0.598. The number of hydrogen-bond acceptors (Lipinski definition) is 4. The number of aromatic nitrogens is 3. The number of benzene rings is 1. The molecule has 0 saturated carbocycles. The van der Waals surface area contributed by atoms with Crippen LogP contribution < -0.4 is 0 Å². The molecule has 1 heterocycles. The maximum absolute atomic E-state index is 10.5. The Hall–Kier alpha value is -2.24. The second kappa shape index (κ2) is 4.32. The third kappa shape index (κ3) is 2.01. The van der Waals surface area contributed by atoms with E-state index < -0.39 is 4.92 Å². The number of rotatable bonds is 3. The van der Waals surface area contributed by atoms with Crippen LogP contribution in [-0.4, -0.2) is 19.9 Å². The molecule has 0 N–H and O–H groups in total. The number of non-ortho nitro benzene ring substituents is 1. The van der Waals surface area contributed by atoms with Crippen molar-refractivity contribution in [3.05, 3.63) is 40.1 Å². The van der Waals surface area contributed by atoms with Crippen molar-refractivity contribution in [2.45, 2.75) is 13.3 Å². The Morgan fingerprint density at radius 3 is 2.53 bits per heavy atom. The Balaban J connectivity index is 2.43. The van der Waals surface area contributed by atoms with Crippen LogP contribution in [0.25, 0.3) is 11.3 Å². The van der Waals surface area contributed by atoms with Gasteiger partial charge < -0.3 is 0 Å². The summed E-state index contributed by atoms with van der Waals surface area (Å²) in [7, 11) is 1.83. The van der Waals surface area contributed by atoms with E-state index in [4.69, 9.17) is 0 Å². The van der Waals surface area contributed by atoms with E-state index in [0.717, 1.165) is 23.4 Å². The molecule has 0 radical (unpaired) electrons. The van der Waals surface area contributed by atoms with Crippen molar-refractivity contribution < 1.29 is 4.92 Å². The van der Waals surface area contributed by atoms with Crippen LogP contribution in [0.15, 0.2) is 24.3 Å². The predicted octanol–water partition coefficient (Wildman–Crippen LogP) is 1.95.